The zero-order valence-electron chi connectivity index (χ0n) is 10.4. The summed E-state index contributed by atoms with van der Waals surface area (Å²) in [5, 5.41) is 4.85. The maximum Gasteiger partial charge on any atom is 0.229 e. The predicted molar refractivity (Wildman–Crippen MR) is 75.6 cm³/mol. The zero-order valence-corrected chi connectivity index (χ0v) is 11.3. The minimum absolute atomic E-state index is 0.000185. The molecule has 6 heteroatoms. The maximum absolute atomic E-state index is 12.2. The molecule has 0 aliphatic heterocycles. The van der Waals surface area contributed by atoms with Crippen LogP contribution in [0, 0.1) is 5.92 Å². The van der Waals surface area contributed by atoms with Gasteiger partial charge in [0.25, 0.3) is 0 Å². The van der Waals surface area contributed by atoms with Crippen molar-refractivity contribution in [1.29, 1.82) is 0 Å². The number of carbonyl (C=O) groups is 1. The average Bonchev–Trinajstić information content (AvgIpc) is 2.91. The molecule has 3 heterocycles. The molecule has 3 aromatic heterocycles. The van der Waals surface area contributed by atoms with Crippen LogP contribution in [0.5, 0.6) is 0 Å². The number of nitrogens with one attached hydrogen (secondary N) is 1. The number of anilines is 1. The number of amides is 1. The number of hydrogen-bond donors (Lipinski definition) is 1. The minimum Gasteiger partial charge on any atom is -0.469 e. The second-order valence-electron chi connectivity index (χ2n) is 4.81. The fraction of sp³-hybridized carbons (Fsp3) is 0.214. The molecule has 20 heavy (non-hydrogen) atoms. The molecular weight excluding hydrogens is 274 g/mol. The van der Waals surface area contributed by atoms with E-state index in [1.807, 2.05) is 23.6 Å². The van der Waals surface area contributed by atoms with Crippen molar-refractivity contribution in [3.05, 3.63) is 41.9 Å². The van der Waals surface area contributed by atoms with Crippen molar-refractivity contribution in [1.82, 2.24) is 9.97 Å². The van der Waals surface area contributed by atoms with E-state index in [4.69, 9.17) is 4.42 Å². The molecule has 1 aliphatic carbocycles. The third-order valence-corrected chi connectivity index (χ3v) is 4.43. The van der Waals surface area contributed by atoms with E-state index in [-0.39, 0.29) is 17.7 Å². The summed E-state index contributed by atoms with van der Waals surface area (Å²) in [6.45, 7) is 0. The summed E-state index contributed by atoms with van der Waals surface area (Å²) in [6.07, 6.45) is 3.95. The van der Waals surface area contributed by atoms with E-state index in [9.17, 15) is 4.79 Å². The summed E-state index contributed by atoms with van der Waals surface area (Å²) < 4.78 is 6.26. The third-order valence-electron chi connectivity index (χ3n) is 3.52. The highest BCUT2D eigenvalue weighted by molar-refractivity contribution is 7.17. The van der Waals surface area contributed by atoms with Crippen molar-refractivity contribution in [2.75, 3.05) is 5.32 Å². The highest BCUT2D eigenvalue weighted by Gasteiger charge is 2.46. The number of hydrogen-bond acceptors (Lipinski definition) is 5. The Balaban J connectivity index is 1.53. The Morgan fingerprint density at radius 1 is 1.40 bits per heavy atom. The minimum atomic E-state index is -0.0221. The molecule has 0 radical (unpaired) electrons. The van der Waals surface area contributed by atoms with E-state index >= 15 is 0 Å². The fourth-order valence-electron chi connectivity index (χ4n) is 2.39. The van der Waals surface area contributed by atoms with Crippen molar-refractivity contribution in [2.45, 2.75) is 12.3 Å². The van der Waals surface area contributed by atoms with Crippen molar-refractivity contribution >= 4 is 33.3 Å². The molecule has 4 rings (SSSR count). The van der Waals surface area contributed by atoms with Crippen LogP contribution in [0.15, 0.2) is 40.6 Å². The Morgan fingerprint density at radius 3 is 3.20 bits per heavy atom. The van der Waals surface area contributed by atoms with Crippen molar-refractivity contribution in [2.24, 2.45) is 5.92 Å². The van der Waals surface area contributed by atoms with Crippen LogP contribution in [-0.2, 0) is 4.79 Å². The molecule has 3 aromatic rings. The second kappa shape index (κ2) is 4.42. The van der Waals surface area contributed by atoms with Gasteiger partial charge in [-0.25, -0.2) is 9.97 Å². The van der Waals surface area contributed by atoms with E-state index in [0.29, 0.717) is 5.82 Å². The van der Waals surface area contributed by atoms with Gasteiger partial charge in [-0.1, -0.05) is 0 Å². The Hall–Kier alpha value is -2.21. The molecule has 1 saturated carbocycles. The van der Waals surface area contributed by atoms with E-state index in [2.05, 4.69) is 15.3 Å². The van der Waals surface area contributed by atoms with E-state index in [1.165, 1.54) is 17.7 Å². The summed E-state index contributed by atoms with van der Waals surface area (Å²) >= 11 is 1.53. The number of carbonyl (C=O) groups excluding carboxylic acids is 1. The summed E-state index contributed by atoms with van der Waals surface area (Å²) in [7, 11) is 0. The molecule has 2 atom stereocenters. The van der Waals surface area contributed by atoms with Crippen molar-refractivity contribution in [3.63, 3.8) is 0 Å². The molecule has 0 spiro atoms. The largest absolute Gasteiger partial charge is 0.469 e. The van der Waals surface area contributed by atoms with Crippen LogP contribution in [0.3, 0.4) is 0 Å². The molecule has 0 aromatic carbocycles. The summed E-state index contributed by atoms with van der Waals surface area (Å²) in [6, 6.07) is 5.68. The van der Waals surface area contributed by atoms with Gasteiger partial charge in [0, 0.05) is 11.8 Å². The Morgan fingerprint density at radius 2 is 2.35 bits per heavy atom. The normalized spacial score (nSPS) is 21.0. The number of aromatic nitrogens is 2. The van der Waals surface area contributed by atoms with Gasteiger partial charge in [-0.3, -0.25) is 4.79 Å². The highest BCUT2D eigenvalue weighted by atomic mass is 32.1. The molecule has 1 aliphatic rings. The average molecular weight is 285 g/mol. The topological polar surface area (TPSA) is 68.0 Å². The van der Waals surface area contributed by atoms with Gasteiger partial charge < -0.3 is 9.73 Å². The van der Waals surface area contributed by atoms with Gasteiger partial charge >= 0.3 is 0 Å². The first-order chi connectivity index (χ1) is 9.83. The van der Waals surface area contributed by atoms with Crippen molar-refractivity contribution < 1.29 is 9.21 Å². The first-order valence-electron chi connectivity index (χ1n) is 6.35. The van der Waals surface area contributed by atoms with E-state index in [0.717, 1.165) is 22.4 Å². The first kappa shape index (κ1) is 11.6. The number of thiophene rings is 1. The first-order valence-corrected chi connectivity index (χ1v) is 7.23. The van der Waals surface area contributed by atoms with Crippen LogP contribution >= 0.6 is 11.3 Å². The molecule has 1 fully saturated rings. The van der Waals surface area contributed by atoms with Crippen LogP contribution in [0.4, 0.5) is 5.82 Å². The lowest BCUT2D eigenvalue weighted by molar-refractivity contribution is -0.117. The maximum atomic E-state index is 12.2. The second-order valence-corrected chi connectivity index (χ2v) is 5.73. The number of fused-ring (bicyclic) bond motifs is 1. The van der Waals surface area contributed by atoms with E-state index in [1.54, 1.807) is 6.26 Å². The van der Waals surface area contributed by atoms with Crippen LogP contribution in [-0.4, -0.2) is 15.9 Å². The molecule has 0 bridgehead atoms. The van der Waals surface area contributed by atoms with Gasteiger partial charge in [0.15, 0.2) is 5.82 Å². The molecule has 0 saturated heterocycles. The Kier molecular flexibility index (Phi) is 2.56. The number of furan rings is 1. The lowest BCUT2D eigenvalue weighted by Crippen LogP contribution is -2.15. The zero-order chi connectivity index (χ0) is 13.5. The summed E-state index contributed by atoms with van der Waals surface area (Å²) in [4.78, 5) is 20.6. The molecule has 100 valence electrons. The molecule has 0 unspecified atom stereocenters. The van der Waals surface area contributed by atoms with Gasteiger partial charge in [0.1, 0.15) is 12.1 Å². The smallest absolute Gasteiger partial charge is 0.229 e. The summed E-state index contributed by atoms with van der Waals surface area (Å²) in [5.74, 6) is 1.66. The Labute approximate surface area is 118 Å². The van der Waals surface area contributed by atoms with Crippen LogP contribution in [0.1, 0.15) is 18.1 Å². The van der Waals surface area contributed by atoms with Crippen molar-refractivity contribution in [3.8, 4) is 0 Å². The van der Waals surface area contributed by atoms with Gasteiger partial charge in [-0.2, -0.15) is 0 Å². The lowest BCUT2D eigenvalue weighted by atomic mass is 10.2. The van der Waals surface area contributed by atoms with Crippen LogP contribution < -0.4 is 5.32 Å². The molecule has 1 N–H and O–H groups in total. The third kappa shape index (κ3) is 1.89. The van der Waals surface area contributed by atoms with Gasteiger partial charge in [-0.15, -0.1) is 11.3 Å². The predicted octanol–water partition coefficient (Wildman–Crippen LogP) is 3.03. The number of nitrogens with zero attached hydrogens (tertiary/aromatic N) is 2. The standard InChI is InChI=1S/C14H11N3O2S/c18-14(9-6-8(9)11-2-1-4-19-11)17-13-12-10(3-5-20-12)15-7-16-13/h1-5,7-9H,6H2,(H,15,16,17,18)/t8-,9+/m0/s1. The lowest BCUT2D eigenvalue weighted by Gasteiger charge is -2.04. The fourth-order valence-corrected chi connectivity index (χ4v) is 3.18. The Bertz CT molecular complexity index is 766. The van der Waals surface area contributed by atoms with Gasteiger partial charge in [0.2, 0.25) is 5.91 Å². The van der Waals surface area contributed by atoms with Crippen LogP contribution in [0.25, 0.3) is 10.2 Å². The monoisotopic (exact) mass is 285 g/mol. The molecule has 1 amide bonds. The molecular formula is C14H11N3O2S. The SMILES string of the molecule is O=C(Nc1ncnc2ccsc12)[C@@H]1C[C@@H]1c1ccco1. The van der Waals surface area contributed by atoms with Crippen LogP contribution in [0.2, 0.25) is 0 Å². The summed E-state index contributed by atoms with van der Waals surface area (Å²) in [5.41, 5.74) is 0.860. The highest BCUT2D eigenvalue weighted by Crippen LogP contribution is 2.48. The van der Waals surface area contributed by atoms with Gasteiger partial charge in [0.05, 0.1) is 16.5 Å². The number of rotatable bonds is 3. The van der Waals surface area contributed by atoms with Gasteiger partial charge in [-0.05, 0) is 30.0 Å². The molecule has 5 nitrogen and oxygen atoms in total. The van der Waals surface area contributed by atoms with E-state index < -0.39 is 0 Å². The quantitative estimate of drug-likeness (QED) is 0.803.